The average Bonchev–Trinajstić information content (AvgIpc) is 3.37. The highest BCUT2D eigenvalue weighted by Gasteiger charge is 2.29. The first kappa shape index (κ1) is 21.3. The van der Waals surface area contributed by atoms with Crippen LogP contribution in [0.2, 0.25) is 0 Å². The number of aromatic amines is 1. The predicted octanol–water partition coefficient (Wildman–Crippen LogP) is 1.63. The Morgan fingerprint density at radius 2 is 1.80 bits per heavy atom. The Kier molecular flexibility index (Phi) is 6.17. The van der Waals surface area contributed by atoms with Crippen LogP contribution in [0.15, 0.2) is 6.07 Å². The molecule has 166 valence electrons. The molecule has 2 aliphatic heterocycles. The van der Waals surface area contributed by atoms with E-state index in [9.17, 15) is 8.42 Å². The van der Waals surface area contributed by atoms with E-state index in [4.69, 9.17) is 9.97 Å². The second kappa shape index (κ2) is 8.68. The Labute approximate surface area is 178 Å². The zero-order valence-corrected chi connectivity index (χ0v) is 19.0. The second-order valence-electron chi connectivity index (χ2n) is 8.54. The van der Waals surface area contributed by atoms with Crippen molar-refractivity contribution in [1.82, 2.24) is 24.2 Å². The number of hydrogen-bond donors (Lipinski definition) is 2. The first-order valence-electron chi connectivity index (χ1n) is 10.9. The van der Waals surface area contributed by atoms with Crippen molar-refractivity contribution in [2.24, 2.45) is 0 Å². The zero-order chi connectivity index (χ0) is 21.3. The monoisotopic (exact) mass is 435 g/mol. The third kappa shape index (κ3) is 4.40. The summed E-state index contributed by atoms with van der Waals surface area (Å²) in [5, 5.41) is 4.16. The normalized spacial score (nSPS) is 19.3. The summed E-state index contributed by atoms with van der Waals surface area (Å²) in [6.45, 7) is 11.8. The molecule has 0 unspecified atom stereocenters. The molecule has 2 aliphatic rings. The molecule has 2 aromatic heterocycles. The van der Waals surface area contributed by atoms with E-state index >= 15 is 0 Å². The fourth-order valence-electron chi connectivity index (χ4n) is 4.16. The van der Waals surface area contributed by atoms with Crippen LogP contribution in [0.1, 0.15) is 32.4 Å². The molecule has 0 saturated carbocycles. The van der Waals surface area contributed by atoms with Crippen molar-refractivity contribution in [2.45, 2.75) is 38.9 Å². The molecule has 2 saturated heterocycles. The van der Waals surface area contributed by atoms with Crippen molar-refractivity contribution in [3.05, 3.63) is 11.8 Å². The molecular formula is C20H33N7O2S. The number of nitrogens with zero attached hydrogens (tertiary/aromatic N) is 5. The van der Waals surface area contributed by atoms with Crippen molar-refractivity contribution in [2.75, 3.05) is 62.6 Å². The standard InChI is InChI=1S/C20H33N7O2S/c1-15(2)30(28,29)27-12-10-25(11-13-27)9-6-21-18-17-14-16(3)22-19(17)24-20(23-18)26-7-4-5-8-26/h14-15H,4-13H2,1-3H3,(H2,21,22,23,24). The number of aromatic nitrogens is 3. The zero-order valence-electron chi connectivity index (χ0n) is 18.2. The molecule has 0 bridgehead atoms. The summed E-state index contributed by atoms with van der Waals surface area (Å²) in [6.07, 6.45) is 2.37. The molecule has 30 heavy (non-hydrogen) atoms. The van der Waals surface area contributed by atoms with Crippen LogP contribution in [0, 0.1) is 6.92 Å². The van der Waals surface area contributed by atoms with Crippen LogP contribution >= 0.6 is 0 Å². The molecule has 2 N–H and O–H groups in total. The van der Waals surface area contributed by atoms with Gasteiger partial charge in [-0.3, -0.25) is 4.90 Å². The highest BCUT2D eigenvalue weighted by atomic mass is 32.2. The fraction of sp³-hybridized carbons (Fsp3) is 0.700. The van der Waals surface area contributed by atoms with Gasteiger partial charge in [0, 0.05) is 58.1 Å². The summed E-state index contributed by atoms with van der Waals surface area (Å²) < 4.78 is 26.3. The van der Waals surface area contributed by atoms with Crippen LogP contribution in [0.25, 0.3) is 11.0 Å². The predicted molar refractivity (Wildman–Crippen MR) is 121 cm³/mol. The molecule has 0 atom stereocenters. The minimum Gasteiger partial charge on any atom is -0.368 e. The lowest BCUT2D eigenvalue weighted by Crippen LogP contribution is -2.51. The van der Waals surface area contributed by atoms with Crippen molar-refractivity contribution < 1.29 is 8.42 Å². The smallest absolute Gasteiger partial charge is 0.229 e. The van der Waals surface area contributed by atoms with E-state index in [1.54, 1.807) is 18.2 Å². The number of aryl methyl sites for hydroxylation is 1. The highest BCUT2D eigenvalue weighted by Crippen LogP contribution is 2.26. The van der Waals surface area contributed by atoms with Gasteiger partial charge < -0.3 is 15.2 Å². The number of fused-ring (bicyclic) bond motifs is 1. The van der Waals surface area contributed by atoms with Crippen molar-refractivity contribution in [1.29, 1.82) is 0 Å². The lowest BCUT2D eigenvalue weighted by Gasteiger charge is -2.34. The molecule has 0 spiro atoms. The number of nitrogens with one attached hydrogen (secondary N) is 2. The number of sulfonamides is 1. The lowest BCUT2D eigenvalue weighted by molar-refractivity contribution is 0.193. The maximum Gasteiger partial charge on any atom is 0.229 e. The SMILES string of the molecule is Cc1cc2c(NCCN3CCN(S(=O)(=O)C(C)C)CC3)nc(N3CCCC3)nc2[nH]1. The van der Waals surface area contributed by atoms with Gasteiger partial charge in [0.05, 0.1) is 10.6 Å². The molecular weight excluding hydrogens is 402 g/mol. The van der Waals surface area contributed by atoms with Crippen LogP contribution in [-0.2, 0) is 10.0 Å². The Morgan fingerprint density at radius 1 is 1.10 bits per heavy atom. The summed E-state index contributed by atoms with van der Waals surface area (Å²) in [6, 6.07) is 2.08. The Morgan fingerprint density at radius 3 is 2.47 bits per heavy atom. The third-order valence-corrected chi connectivity index (χ3v) is 8.28. The van der Waals surface area contributed by atoms with E-state index in [0.717, 1.165) is 67.8 Å². The van der Waals surface area contributed by atoms with Gasteiger partial charge in [-0.15, -0.1) is 0 Å². The second-order valence-corrected chi connectivity index (χ2v) is 11.0. The van der Waals surface area contributed by atoms with Gasteiger partial charge in [0.2, 0.25) is 16.0 Å². The van der Waals surface area contributed by atoms with E-state index in [0.29, 0.717) is 13.1 Å². The highest BCUT2D eigenvalue weighted by molar-refractivity contribution is 7.89. The maximum absolute atomic E-state index is 12.3. The molecule has 9 nitrogen and oxygen atoms in total. The molecule has 0 aliphatic carbocycles. The van der Waals surface area contributed by atoms with E-state index in [1.807, 2.05) is 6.92 Å². The third-order valence-electron chi connectivity index (χ3n) is 6.01. The molecule has 2 fully saturated rings. The van der Waals surface area contributed by atoms with Crippen molar-refractivity contribution in [3.8, 4) is 0 Å². The summed E-state index contributed by atoms with van der Waals surface area (Å²) in [7, 11) is -3.16. The maximum atomic E-state index is 12.3. The molecule has 0 radical (unpaired) electrons. The van der Waals surface area contributed by atoms with E-state index < -0.39 is 10.0 Å². The number of rotatable bonds is 7. The summed E-state index contributed by atoms with van der Waals surface area (Å²) >= 11 is 0. The quantitative estimate of drug-likeness (QED) is 0.682. The number of piperazine rings is 1. The lowest BCUT2D eigenvalue weighted by atomic mass is 10.3. The number of anilines is 2. The Balaban J connectivity index is 1.37. The van der Waals surface area contributed by atoms with Crippen LogP contribution in [0.5, 0.6) is 0 Å². The van der Waals surface area contributed by atoms with Gasteiger partial charge in [-0.1, -0.05) is 0 Å². The number of H-pyrrole nitrogens is 1. The summed E-state index contributed by atoms with van der Waals surface area (Å²) in [5.41, 5.74) is 1.95. The molecule has 4 heterocycles. The van der Waals surface area contributed by atoms with Crippen LogP contribution in [0.4, 0.5) is 11.8 Å². The van der Waals surface area contributed by atoms with E-state index in [1.165, 1.54) is 12.8 Å². The van der Waals surface area contributed by atoms with E-state index in [2.05, 4.69) is 26.2 Å². The molecule has 0 aromatic carbocycles. The van der Waals surface area contributed by atoms with Gasteiger partial charge >= 0.3 is 0 Å². The Bertz CT molecular complexity index is 974. The largest absolute Gasteiger partial charge is 0.368 e. The van der Waals surface area contributed by atoms with Crippen LogP contribution in [0.3, 0.4) is 0 Å². The van der Waals surface area contributed by atoms with Crippen LogP contribution in [-0.4, -0.2) is 90.2 Å². The molecule has 10 heteroatoms. The molecule has 2 aromatic rings. The summed E-state index contributed by atoms with van der Waals surface area (Å²) in [5.74, 6) is 1.66. The number of hydrogen-bond acceptors (Lipinski definition) is 7. The summed E-state index contributed by atoms with van der Waals surface area (Å²) in [4.78, 5) is 17.4. The minimum atomic E-state index is -3.16. The first-order valence-corrected chi connectivity index (χ1v) is 12.4. The van der Waals surface area contributed by atoms with Gasteiger partial charge in [-0.2, -0.15) is 14.3 Å². The van der Waals surface area contributed by atoms with Gasteiger partial charge in [0.1, 0.15) is 11.5 Å². The molecule has 0 amide bonds. The average molecular weight is 436 g/mol. The van der Waals surface area contributed by atoms with Crippen molar-refractivity contribution >= 4 is 32.8 Å². The molecule has 4 rings (SSSR count). The van der Waals surface area contributed by atoms with Gasteiger partial charge in [0.15, 0.2) is 0 Å². The van der Waals surface area contributed by atoms with Gasteiger partial charge in [-0.05, 0) is 39.7 Å². The first-order chi connectivity index (χ1) is 14.3. The van der Waals surface area contributed by atoms with Gasteiger partial charge in [-0.25, -0.2) is 8.42 Å². The minimum absolute atomic E-state index is 0.361. The van der Waals surface area contributed by atoms with Crippen molar-refractivity contribution in [3.63, 3.8) is 0 Å². The van der Waals surface area contributed by atoms with Crippen LogP contribution < -0.4 is 10.2 Å². The van der Waals surface area contributed by atoms with Gasteiger partial charge in [0.25, 0.3) is 0 Å². The van der Waals surface area contributed by atoms with E-state index in [-0.39, 0.29) is 5.25 Å². The Hall–Kier alpha value is -1.91. The fourth-order valence-corrected chi connectivity index (χ4v) is 5.43. The topological polar surface area (TPSA) is 97.5 Å².